The SMILES string of the molecule is CCNC(=S)N/N=C(/C)c1ccc(S(C)(=O)=O)cc1. The van der Waals surface area contributed by atoms with Crippen molar-refractivity contribution in [3.05, 3.63) is 29.8 Å². The van der Waals surface area contributed by atoms with Crippen LogP contribution in [0.1, 0.15) is 19.4 Å². The summed E-state index contributed by atoms with van der Waals surface area (Å²) in [5, 5.41) is 7.49. The number of thiocarbonyl (C=S) groups is 1. The number of sulfone groups is 1. The third kappa shape index (κ3) is 4.96. The third-order valence-corrected chi connectivity index (χ3v) is 3.73. The fourth-order valence-electron chi connectivity index (χ4n) is 1.34. The van der Waals surface area contributed by atoms with E-state index in [1.165, 1.54) is 6.26 Å². The van der Waals surface area contributed by atoms with Gasteiger partial charge in [-0.1, -0.05) is 12.1 Å². The topological polar surface area (TPSA) is 70.6 Å². The molecule has 7 heteroatoms. The van der Waals surface area contributed by atoms with E-state index in [4.69, 9.17) is 12.2 Å². The van der Waals surface area contributed by atoms with Crippen LogP contribution in [-0.4, -0.2) is 32.0 Å². The maximum atomic E-state index is 11.3. The molecule has 5 nitrogen and oxygen atoms in total. The van der Waals surface area contributed by atoms with Gasteiger partial charge >= 0.3 is 0 Å². The van der Waals surface area contributed by atoms with Gasteiger partial charge in [0, 0.05) is 12.8 Å². The summed E-state index contributed by atoms with van der Waals surface area (Å²) in [7, 11) is -3.16. The van der Waals surface area contributed by atoms with Gasteiger partial charge in [0.15, 0.2) is 14.9 Å². The summed E-state index contributed by atoms with van der Waals surface area (Å²) in [5.41, 5.74) is 4.27. The van der Waals surface area contributed by atoms with Crippen molar-refractivity contribution in [2.24, 2.45) is 5.10 Å². The maximum absolute atomic E-state index is 11.3. The molecule has 0 fully saturated rings. The van der Waals surface area contributed by atoms with Gasteiger partial charge in [0.1, 0.15) is 0 Å². The fraction of sp³-hybridized carbons (Fsp3) is 0.333. The molecule has 2 N–H and O–H groups in total. The van der Waals surface area contributed by atoms with Gasteiger partial charge < -0.3 is 5.32 Å². The summed E-state index contributed by atoms with van der Waals surface area (Å²) >= 11 is 4.98. The first-order valence-corrected chi connectivity index (χ1v) is 8.03. The van der Waals surface area contributed by atoms with Crippen LogP contribution >= 0.6 is 12.2 Å². The number of hydrogen-bond acceptors (Lipinski definition) is 4. The van der Waals surface area contributed by atoms with Gasteiger partial charge in [0.25, 0.3) is 0 Å². The largest absolute Gasteiger partial charge is 0.362 e. The fourth-order valence-corrected chi connectivity index (χ4v) is 2.16. The highest BCUT2D eigenvalue weighted by Crippen LogP contribution is 2.10. The lowest BCUT2D eigenvalue weighted by Crippen LogP contribution is -2.32. The predicted molar refractivity (Wildman–Crippen MR) is 81.2 cm³/mol. The minimum atomic E-state index is -3.16. The quantitative estimate of drug-likeness (QED) is 0.498. The van der Waals surface area contributed by atoms with Crippen LogP contribution in [0.5, 0.6) is 0 Å². The molecule has 0 aliphatic carbocycles. The molecule has 0 aliphatic rings. The Labute approximate surface area is 119 Å². The van der Waals surface area contributed by atoms with Gasteiger partial charge in [-0.15, -0.1) is 0 Å². The molecule has 0 aliphatic heterocycles. The van der Waals surface area contributed by atoms with Crippen molar-refractivity contribution in [3.63, 3.8) is 0 Å². The Kier molecular flexibility index (Phi) is 5.44. The first kappa shape index (κ1) is 15.6. The standard InChI is InChI=1S/C12H17N3O2S2/c1-4-13-12(18)15-14-9(2)10-5-7-11(8-6-10)19(3,16)17/h5-8H,4H2,1-3H3,(H2,13,15,18)/b14-9-. The second kappa shape index (κ2) is 6.63. The highest BCUT2D eigenvalue weighted by molar-refractivity contribution is 7.90. The van der Waals surface area contributed by atoms with E-state index in [-0.39, 0.29) is 0 Å². The van der Waals surface area contributed by atoms with Crippen LogP contribution in [0, 0.1) is 0 Å². The Balaban J connectivity index is 2.81. The Morgan fingerprint density at radius 1 is 1.32 bits per heavy atom. The first-order valence-electron chi connectivity index (χ1n) is 5.73. The monoisotopic (exact) mass is 299 g/mol. The Morgan fingerprint density at radius 2 is 1.89 bits per heavy atom. The van der Waals surface area contributed by atoms with Crippen LogP contribution in [0.25, 0.3) is 0 Å². The van der Waals surface area contributed by atoms with E-state index in [1.54, 1.807) is 24.3 Å². The number of nitrogens with one attached hydrogen (secondary N) is 2. The summed E-state index contributed by atoms with van der Waals surface area (Å²) in [6.07, 6.45) is 1.18. The average Bonchev–Trinajstić information content (AvgIpc) is 2.35. The molecule has 0 saturated carbocycles. The molecule has 0 atom stereocenters. The molecule has 104 valence electrons. The van der Waals surface area contributed by atoms with Gasteiger partial charge in [0.2, 0.25) is 0 Å². The van der Waals surface area contributed by atoms with Gasteiger partial charge in [-0.3, -0.25) is 5.43 Å². The lowest BCUT2D eigenvalue weighted by molar-refractivity contribution is 0.602. The lowest BCUT2D eigenvalue weighted by Gasteiger charge is -2.06. The molecule has 0 radical (unpaired) electrons. The van der Waals surface area contributed by atoms with Gasteiger partial charge in [0.05, 0.1) is 10.6 Å². The van der Waals surface area contributed by atoms with E-state index in [0.717, 1.165) is 17.8 Å². The Hall–Kier alpha value is -1.47. The molecule has 1 aromatic carbocycles. The van der Waals surface area contributed by atoms with Crippen molar-refractivity contribution in [1.29, 1.82) is 0 Å². The Morgan fingerprint density at radius 3 is 2.37 bits per heavy atom. The zero-order valence-electron chi connectivity index (χ0n) is 11.1. The molecule has 0 bridgehead atoms. The van der Waals surface area contributed by atoms with Crippen molar-refractivity contribution in [2.45, 2.75) is 18.7 Å². The van der Waals surface area contributed by atoms with Gasteiger partial charge in [-0.05, 0) is 43.8 Å². The van der Waals surface area contributed by atoms with E-state index in [9.17, 15) is 8.42 Å². The normalized spacial score (nSPS) is 12.1. The molecule has 1 rings (SSSR count). The van der Waals surface area contributed by atoms with Crippen LogP contribution in [0.15, 0.2) is 34.3 Å². The third-order valence-electron chi connectivity index (χ3n) is 2.36. The maximum Gasteiger partial charge on any atom is 0.186 e. The van der Waals surface area contributed by atoms with Crippen molar-refractivity contribution < 1.29 is 8.42 Å². The highest BCUT2D eigenvalue weighted by Gasteiger charge is 2.06. The van der Waals surface area contributed by atoms with Crippen LogP contribution in [-0.2, 0) is 9.84 Å². The number of hydrazone groups is 1. The minimum absolute atomic E-state index is 0.292. The minimum Gasteiger partial charge on any atom is -0.362 e. The van der Waals surface area contributed by atoms with E-state index in [1.807, 2.05) is 13.8 Å². The van der Waals surface area contributed by atoms with Crippen molar-refractivity contribution >= 4 is 32.9 Å². The van der Waals surface area contributed by atoms with Crippen LogP contribution < -0.4 is 10.7 Å². The molecule has 0 saturated heterocycles. The van der Waals surface area contributed by atoms with Crippen LogP contribution in [0.2, 0.25) is 0 Å². The molecule has 0 amide bonds. The van der Waals surface area contributed by atoms with Crippen LogP contribution in [0.4, 0.5) is 0 Å². The molecular formula is C12H17N3O2S2. The summed E-state index contributed by atoms with van der Waals surface area (Å²) in [6.45, 7) is 4.48. The molecule has 0 spiro atoms. The van der Waals surface area contributed by atoms with Crippen molar-refractivity contribution in [1.82, 2.24) is 10.7 Å². The highest BCUT2D eigenvalue weighted by atomic mass is 32.2. The smallest absolute Gasteiger partial charge is 0.186 e. The van der Waals surface area contributed by atoms with E-state index < -0.39 is 9.84 Å². The second-order valence-corrected chi connectivity index (χ2v) is 6.39. The molecule has 0 heterocycles. The van der Waals surface area contributed by atoms with Crippen LogP contribution in [0.3, 0.4) is 0 Å². The van der Waals surface area contributed by atoms with E-state index in [0.29, 0.717) is 10.0 Å². The second-order valence-electron chi connectivity index (χ2n) is 3.97. The lowest BCUT2D eigenvalue weighted by atomic mass is 10.1. The average molecular weight is 299 g/mol. The van der Waals surface area contributed by atoms with Crippen molar-refractivity contribution in [2.75, 3.05) is 12.8 Å². The Bertz CT molecular complexity index is 577. The molecule has 0 unspecified atom stereocenters. The van der Waals surface area contributed by atoms with Crippen molar-refractivity contribution in [3.8, 4) is 0 Å². The molecular weight excluding hydrogens is 282 g/mol. The number of hydrogen-bond donors (Lipinski definition) is 2. The predicted octanol–water partition coefficient (Wildman–Crippen LogP) is 1.30. The van der Waals surface area contributed by atoms with Gasteiger partial charge in [-0.25, -0.2) is 8.42 Å². The number of benzene rings is 1. The zero-order valence-corrected chi connectivity index (χ0v) is 12.7. The summed E-state index contributed by atoms with van der Waals surface area (Å²) in [5.74, 6) is 0. The molecule has 1 aromatic rings. The number of nitrogens with zero attached hydrogens (tertiary/aromatic N) is 1. The number of rotatable bonds is 4. The summed E-state index contributed by atoms with van der Waals surface area (Å²) < 4.78 is 22.7. The summed E-state index contributed by atoms with van der Waals surface area (Å²) in [6, 6.07) is 6.55. The zero-order chi connectivity index (χ0) is 14.5. The summed E-state index contributed by atoms with van der Waals surface area (Å²) in [4.78, 5) is 0.292. The van der Waals surface area contributed by atoms with E-state index in [2.05, 4.69) is 15.8 Å². The van der Waals surface area contributed by atoms with Gasteiger partial charge in [-0.2, -0.15) is 5.10 Å². The molecule has 19 heavy (non-hydrogen) atoms. The first-order chi connectivity index (χ1) is 8.84. The van der Waals surface area contributed by atoms with E-state index >= 15 is 0 Å². The molecule has 0 aromatic heterocycles.